The first-order chi connectivity index (χ1) is 9.19. The molecule has 0 aromatic heterocycles. The average molecular weight is 365 g/mol. The third-order valence-corrected chi connectivity index (χ3v) is 6.63. The molecule has 0 saturated heterocycles. The Balaban J connectivity index is 2.78. The van der Waals surface area contributed by atoms with Crippen molar-refractivity contribution in [2.45, 2.75) is 9.79 Å². The molecule has 0 heterocycles. The molecule has 100 valence electrons. The first kappa shape index (κ1) is 15.7. The summed E-state index contributed by atoms with van der Waals surface area (Å²) in [7, 11) is 5.31. The van der Waals surface area contributed by atoms with Crippen molar-refractivity contribution in [3.05, 3.63) is 35.9 Å². The number of hydrogen-bond donors (Lipinski definition) is 3. The fourth-order valence-corrected chi connectivity index (χ4v) is 6.00. The zero-order valence-electron chi connectivity index (χ0n) is 9.27. The number of thiol groups is 2. The average Bonchev–Trinajstić information content (AvgIpc) is 2.39. The highest BCUT2D eigenvalue weighted by Crippen LogP contribution is 2.47. The van der Waals surface area contributed by atoms with Gasteiger partial charge in [-0.05, 0) is 58.1 Å². The van der Waals surface area contributed by atoms with Gasteiger partial charge in [0.2, 0.25) is 0 Å². The highest BCUT2D eigenvalue weighted by atomic mass is 33.5. The molecule has 0 amide bonds. The number of carbonyl (C=O) groups is 1. The Hall–Kier alpha value is 0.270. The summed E-state index contributed by atoms with van der Waals surface area (Å²) in [6.07, 6.45) is 0. The van der Waals surface area contributed by atoms with Crippen molar-refractivity contribution in [2.24, 2.45) is 0 Å². The van der Waals surface area contributed by atoms with E-state index in [0.29, 0.717) is 5.56 Å². The lowest BCUT2D eigenvalue weighted by Gasteiger charge is -2.12. The number of fused-ring (bicyclic) bond motifs is 1. The summed E-state index contributed by atoms with van der Waals surface area (Å²) in [5.74, 6) is -0.923. The SMILES string of the molecule is O=C(O)c1c(SSS)c(SSS)cc2ccccc12. The third-order valence-electron chi connectivity index (χ3n) is 2.43. The molecule has 19 heavy (non-hydrogen) atoms. The van der Waals surface area contributed by atoms with E-state index in [1.165, 1.54) is 41.2 Å². The monoisotopic (exact) mass is 364 g/mol. The number of carboxylic acid groups (broad SMARTS) is 1. The van der Waals surface area contributed by atoms with Crippen LogP contribution in [0.2, 0.25) is 0 Å². The van der Waals surface area contributed by atoms with Gasteiger partial charge in [-0.2, -0.15) is 0 Å². The van der Waals surface area contributed by atoms with Gasteiger partial charge in [0.05, 0.1) is 5.56 Å². The van der Waals surface area contributed by atoms with E-state index in [2.05, 4.69) is 23.3 Å². The number of hydrogen-bond acceptors (Lipinski definition) is 7. The molecule has 0 aliphatic carbocycles. The van der Waals surface area contributed by atoms with Gasteiger partial charge >= 0.3 is 5.97 Å². The van der Waals surface area contributed by atoms with Crippen LogP contribution < -0.4 is 0 Å². The maximum atomic E-state index is 11.6. The molecule has 0 unspecified atom stereocenters. The third kappa shape index (κ3) is 3.48. The minimum absolute atomic E-state index is 0.328. The van der Waals surface area contributed by atoms with Gasteiger partial charge in [0.25, 0.3) is 0 Å². The number of aromatic carboxylic acids is 1. The zero-order chi connectivity index (χ0) is 13.8. The normalized spacial score (nSPS) is 10.8. The van der Waals surface area contributed by atoms with Crippen molar-refractivity contribution in [1.29, 1.82) is 0 Å². The lowest BCUT2D eigenvalue weighted by atomic mass is 10.0. The van der Waals surface area contributed by atoms with E-state index in [4.69, 9.17) is 0 Å². The molecule has 2 aromatic carbocycles. The van der Waals surface area contributed by atoms with E-state index in [0.717, 1.165) is 20.6 Å². The van der Waals surface area contributed by atoms with Crippen LogP contribution in [-0.2, 0) is 0 Å². The van der Waals surface area contributed by atoms with Gasteiger partial charge in [-0.1, -0.05) is 47.6 Å². The molecule has 2 nitrogen and oxygen atoms in total. The molecule has 2 aromatic rings. The van der Waals surface area contributed by atoms with Crippen molar-refractivity contribution in [1.82, 2.24) is 0 Å². The molecule has 2 rings (SSSR count). The molecule has 0 fully saturated rings. The Morgan fingerprint density at radius 2 is 1.79 bits per heavy atom. The Morgan fingerprint density at radius 3 is 2.42 bits per heavy atom. The van der Waals surface area contributed by atoms with Gasteiger partial charge in [-0.15, -0.1) is 0 Å². The molecule has 0 radical (unpaired) electrons. The molecular formula is C11H8O2S6. The molecule has 0 atom stereocenters. The van der Waals surface area contributed by atoms with Crippen LogP contribution in [0.25, 0.3) is 10.8 Å². The Kier molecular flexibility index (Phi) is 6.04. The quantitative estimate of drug-likeness (QED) is 0.466. The maximum absolute atomic E-state index is 11.6. The predicted molar refractivity (Wildman–Crippen MR) is 95.8 cm³/mol. The van der Waals surface area contributed by atoms with Crippen LogP contribution in [-0.4, -0.2) is 11.1 Å². The lowest BCUT2D eigenvalue weighted by Crippen LogP contribution is -2.01. The first-order valence-corrected chi connectivity index (χ1v) is 11.3. The zero-order valence-corrected chi connectivity index (χ0v) is 14.3. The topological polar surface area (TPSA) is 37.3 Å². The fraction of sp³-hybridized carbons (Fsp3) is 0. The molecule has 0 spiro atoms. The van der Waals surface area contributed by atoms with Gasteiger partial charge in [0.1, 0.15) is 0 Å². The van der Waals surface area contributed by atoms with Crippen LogP contribution in [0.5, 0.6) is 0 Å². The number of benzene rings is 2. The van der Waals surface area contributed by atoms with Gasteiger partial charge < -0.3 is 5.11 Å². The minimum Gasteiger partial charge on any atom is -0.478 e. The van der Waals surface area contributed by atoms with Gasteiger partial charge in [-0.25, -0.2) is 4.79 Å². The second kappa shape index (κ2) is 7.33. The summed E-state index contributed by atoms with van der Waals surface area (Å²) in [5.41, 5.74) is 0.328. The van der Waals surface area contributed by atoms with E-state index in [9.17, 15) is 9.90 Å². The van der Waals surface area contributed by atoms with Crippen LogP contribution >= 0.6 is 64.6 Å². The van der Waals surface area contributed by atoms with Crippen molar-refractivity contribution < 1.29 is 9.90 Å². The van der Waals surface area contributed by atoms with Crippen LogP contribution in [0, 0.1) is 0 Å². The highest BCUT2D eigenvalue weighted by Gasteiger charge is 2.19. The summed E-state index contributed by atoms with van der Waals surface area (Å²) < 4.78 is 0. The predicted octanol–water partition coefficient (Wildman–Crippen LogP) is 5.71. The smallest absolute Gasteiger partial charge is 0.337 e. The molecular weight excluding hydrogens is 357 g/mol. The first-order valence-electron chi connectivity index (χ1n) is 4.94. The largest absolute Gasteiger partial charge is 0.478 e. The van der Waals surface area contributed by atoms with Crippen molar-refractivity contribution in [3.8, 4) is 0 Å². The Morgan fingerprint density at radius 1 is 1.11 bits per heavy atom. The second-order valence-corrected chi connectivity index (χ2v) is 9.48. The van der Waals surface area contributed by atoms with Crippen LogP contribution in [0.1, 0.15) is 10.4 Å². The van der Waals surface area contributed by atoms with Crippen molar-refractivity contribution in [3.63, 3.8) is 0 Å². The number of rotatable bonds is 5. The number of carboxylic acids is 1. The summed E-state index contributed by atoms with van der Waals surface area (Å²) in [5, 5.41) is 11.2. The van der Waals surface area contributed by atoms with E-state index in [1.54, 1.807) is 0 Å². The lowest BCUT2D eigenvalue weighted by molar-refractivity contribution is 0.0695. The summed E-state index contributed by atoms with van der Waals surface area (Å²) in [4.78, 5) is 13.2. The Labute approximate surface area is 136 Å². The molecule has 0 aliphatic heterocycles. The summed E-state index contributed by atoms with van der Waals surface area (Å²) >= 11 is 8.23. The maximum Gasteiger partial charge on any atom is 0.337 e. The van der Waals surface area contributed by atoms with E-state index in [-0.39, 0.29) is 0 Å². The van der Waals surface area contributed by atoms with Crippen molar-refractivity contribution >= 4 is 81.3 Å². The van der Waals surface area contributed by atoms with Gasteiger partial charge in [-0.3, -0.25) is 0 Å². The molecule has 0 saturated carbocycles. The highest BCUT2D eigenvalue weighted by molar-refractivity contribution is 9.06. The standard InChI is InChI=1S/C11H8O2S6/c12-11(13)9-7-4-2-1-3-6(7)5-8(16-18-14)10(9)17-19-15/h1-5,14-15H,(H,12,13). The summed E-state index contributed by atoms with van der Waals surface area (Å²) in [6, 6.07) is 9.47. The van der Waals surface area contributed by atoms with Gasteiger partial charge in [0, 0.05) is 9.79 Å². The fourth-order valence-electron chi connectivity index (χ4n) is 1.74. The Bertz CT molecular complexity index is 615. The molecule has 0 bridgehead atoms. The summed E-state index contributed by atoms with van der Waals surface area (Å²) in [6.45, 7) is 0. The molecule has 0 aliphatic rings. The second-order valence-electron chi connectivity index (χ2n) is 3.42. The van der Waals surface area contributed by atoms with E-state index in [1.807, 2.05) is 30.3 Å². The minimum atomic E-state index is -0.923. The molecule has 1 N–H and O–H groups in total. The van der Waals surface area contributed by atoms with Crippen molar-refractivity contribution in [2.75, 3.05) is 0 Å². The molecule has 8 heteroatoms. The van der Waals surface area contributed by atoms with E-state index < -0.39 is 5.97 Å². The van der Waals surface area contributed by atoms with Crippen LogP contribution in [0.4, 0.5) is 0 Å². The van der Waals surface area contributed by atoms with Crippen LogP contribution in [0.3, 0.4) is 0 Å². The van der Waals surface area contributed by atoms with Crippen LogP contribution in [0.15, 0.2) is 40.1 Å². The van der Waals surface area contributed by atoms with Gasteiger partial charge in [0.15, 0.2) is 0 Å². The van der Waals surface area contributed by atoms with E-state index >= 15 is 0 Å².